The van der Waals surface area contributed by atoms with Crippen LogP contribution < -0.4 is 14.5 Å². The lowest BCUT2D eigenvalue weighted by Crippen LogP contribution is -2.46. The molecule has 2 aliphatic heterocycles. The number of hydrogen-bond acceptors (Lipinski definition) is 7. The van der Waals surface area contributed by atoms with E-state index in [2.05, 4.69) is 42.7 Å². The molecule has 1 atom stereocenters. The van der Waals surface area contributed by atoms with E-state index in [0.717, 1.165) is 54.3 Å². The van der Waals surface area contributed by atoms with E-state index >= 15 is 0 Å². The van der Waals surface area contributed by atoms with E-state index in [0.29, 0.717) is 6.54 Å². The quantitative estimate of drug-likeness (QED) is 0.667. The predicted octanol–water partition coefficient (Wildman–Crippen LogP) is 1.76. The molecule has 1 aromatic carbocycles. The summed E-state index contributed by atoms with van der Waals surface area (Å²) in [6, 6.07) is 12.2. The first-order chi connectivity index (χ1) is 14.5. The Kier molecular flexibility index (Phi) is 4.79. The highest BCUT2D eigenvalue weighted by molar-refractivity contribution is 7.88. The first kappa shape index (κ1) is 19.2. The van der Waals surface area contributed by atoms with Crippen molar-refractivity contribution >= 4 is 32.6 Å². The highest BCUT2D eigenvalue weighted by Crippen LogP contribution is 2.35. The van der Waals surface area contributed by atoms with E-state index in [1.54, 1.807) is 12.4 Å². The third-order valence-corrected chi connectivity index (χ3v) is 6.51. The van der Waals surface area contributed by atoms with Crippen molar-refractivity contribution in [1.82, 2.24) is 19.7 Å². The third kappa shape index (κ3) is 3.82. The number of sulfonamides is 1. The van der Waals surface area contributed by atoms with Gasteiger partial charge in [-0.15, -0.1) is 0 Å². The van der Waals surface area contributed by atoms with Gasteiger partial charge in [0.25, 0.3) is 0 Å². The first-order valence-electron chi connectivity index (χ1n) is 10.1. The molecule has 0 bridgehead atoms. The zero-order valence-corrected chi connectivity index (χ0v) is 17.6. The van der Waals surface area contributed by atoms with Gasteiger partial charge in [-0.05, 0) is 24.6 Å². The Morgan fingerprint density at radius 1 is 1.00 bits per heavy atom. The normalized spacial score (nSPS) is 20.0. The highest BCUT2D eigenvalue weighted by atomic mass is 32.2. The average molecular weight is 425 g/mol. The van der Waals surface area contributed by atoms with E-state index in [9.17, 15) is 8.42 Å². The molecule has 0 spiro atoms. The zero-order chi connectivity index (χ0) is 20.7. The second-order valence-corrected chi connectivity index (χ2v) is 9.83. The number of aromatic nitrogens is 3. The van der Waals surface area contributed by atoms with E-state index < -0.39 is 10.0 Å². The molecule has 2 aliphatic rings. The lowest BCUT2D eigenvalue weighted by atomic mass is 9.95. The summed E-state index contributed by atoms with van der Waals surface area (Å²) >= 11 is 0. The van der Waals surface area contributed by atoms with E-state index in [1.807, 2.05) is 18.2 Å². The summed E-state index contributed by atoms with van der Waals surface area (Å²) in [4.78, 5) is 18.4. The first-order valence-corrected chi connectivity index (χ1v) is 12.0. The second-order valence-electron chi connectivity index (χ2n) is 8.05. The molecule has 2 fully saturated rings. The van der Waals surface area contributed by atoms with Crippen LogP contribution in [-0.2, 0) is 10.0 Å². The number of fused-ring (bicyclic) bond motifs is 1. The number of nitrogens with one attached hydrogen (secondary N) is 1. The summed E-state index contributed by atoms with van der Waals surface area (Å²) < 4.78 is 25.8. The van der Waals surface area contributed by atoms with Crippen LogP contribution in [0.1, 0.15) is 18.0 Å². The topological polar surface area (TPSA) is 91.3 Å². The molecule has 0 amide bonds. The molecule has 0 unspecified atom stereocenters. The number of nitrogens with zero attached hydrogens (tertiary/aromatic N) is 5. The molecule has 0 aliphatic carbocycles. The Morgan fingerprint density at radius 3 is 2.63 bits per heavy atom. The summed E-state index contributed by atoms with van der Waals surface area (Å²) in [6.45, 7) is 3.06. The molecule has 3 aromatic rings. The highest BCUT2D eigenvalue weighted by Gasteiger charge is 2.35. The number of hydrogen-bond donors (Lipinski definition) is 1. The van der Waals surface area contributed by atoms with Crippen LogP contribution in [0.5, 0.6) is 0 Å². The Bertz CT molecular complexity index is 1180. The van der Waals surface area contributed by atoms with Gasteiger partial charge in [0.05, 0.1) is 17.5 Å². The largest absolute Gasteiger partial charge is 0.355 e. The van der Waals surface area contributed by atoms with E-state index in [1.165, 1.54) is 6.26 Å². The minimum Gasteiger partial charge on any atom is -0.355 e. The molecule has 0 radical (unpaired) electrons. The van der Waals surface area contributed by atoms with Crippen LogP contribution in [0.2, 0.25) is 0 Å². The molecule has 5 rings (SSSR count). The fourth-order valence-corrected chi connectivity index (χ4v) is 5.09. The SMILES string of the molecule is CS(=O)(=O)N[C@@H]1CCN(c2nccnc2C2CN(c3ccc4ccccc4n3)C2)C1. The average Bonchev–Trinajstić information content (AvgIpc) is 3.13. The molecular formula is C21H24N6O2S. The molecule has 1 N–H and O–H groups in total. The van der Waals surface area contributed by atoms with Gasteiger partial charge in [-0.3, -0.25) is 4.98 Å². The fraction of sp³-hybridized carbons (Fsp3) is 0.381. The fourth-order valence-electron chi connectivity index (χ4n) is 4.29. The maximum atomic E-state index is 11.5. The minimum atomic E-state index is -3.21. The second kappa shape index (κ2) is 7.48. The van der Waals surface area contributed by atoms with Crippen molar-refractivity contribution in [3.8, 4) is 0 Å². The minimum absolute atomic E-state index is 0.0884. The molecule has 8 nitrogen and oxygen atoms in total. The Labute approximate surface area is 176 Å². The van der Waals surface area contributed by atoms with Crippen LogP contribution in [0.25, 0.3) is 10.9 Å². The predicted molar refractivity (Wildman–Crippen MR) is 117 cm³/mol. The van der Waals surface area contributed by atoms with Crippen LogP contribution in [0.15, 0.2) is 48.8 Å². The van der Waals surface area contributed by atoms with Crippen LogP contribution in [0.3, 0.4) is 0 Å². The van der Waals surface area contributed by atoms with Gasteiger partial charge in [0.1, 0.15) is 5.82 Å². The summed E-state index contributed by atoms with van der Waals surface area (Å²) in [7, 11) is -3.21. The van der Waals surface area contributed by atoms with Crippen molar-refractivity contribution in [3.63, 3.8) is 0 Å². The molecule has 0 saturated carbocycles. The Balaban J connectivity index is 1.30. The van der Waals surface area contributed by atoms with Gasteiger partial charge in [0.15, 0.2) is 5.82 Å². The van der Waals surface area contributed by atoms with Gasteiger partial charge in [-0.25, -0.2) is 23.1 Å². The number of rotatable bonds is 5. The summed E-state index contributed by atoms with van der Waals surface area (Å²) in [5, 5.41) is 1.14. The van der Waals surface area contributed by atoms with Crippen molar-refractivity contribution < 1.29 is 8.42 Å². The maximum absolute atomic E-state index is 11.5. The summed E-state index contributed by atoms with van der Waals surface area (Å²) in [5.41, 5.74) is 1.98. The molecule has 156 valence electrons. The van der Waals surface area contributed by atoms with Crippen molar-refractivity contribution in [2.45, 2.75) is 18.4 Å². The van der Waals surface area contributed by atoms with Crippen LogP contribution >= 0.6 is 0 Å². The molecular weight excluding hydrogens is 400 g/mol. The molecule has 9 heteroatoms. The molecule has 2 saturated heterocycles. The summed E-state index contributed by atoms with van der Waals surface area (Å²) in [6.07, 6.45) is 5.41. The van der Waals surface area contributed by atoms with Gasteiger partial charge < -0.3 is 9.80 Å². The van der Waals surface area contributed by atoms with Crippen LogP contribution in [0, 0.1) is 0 Å². The van der Waals surface area contributed by atoms with Crippen molar-refractivity contribution in [1.29, 1.82) is 0 Å². The standard InChI is InChI=1S/C21H24N6O2S/c1-30(28,29)25-17-8-11-26(14-17)21-20(22-9-10-23-21)16-12-27(13-16)19-7-6-15-4-2-3-5-18(15)24-19/h2-7,9-10,16-17,25H,8,11-14H2,1H3/t17-/m1/s1. The van der Waals surface area contributed by atoms with Gasteiger partial charge in [-0.2, -0.15) is 0 Å². The van der Waals surface area contributed by atoms with Crippen molar-refractivity contribution in [3.05, 3.63) is 54.5 Å². The van der Waals surface area contributed by atoms with Crippen molar-refractivity contribution in [2.75, 3.05) is 42.2 Å². The number of anilines is 2. The smallest absolute Gasteiger partial charge is 0.209 e. The van der Waals surface area contributed by atoms with E-state index in [-0.39, 0.29) is 12.0 Å². The van der Waals surface area contributed by atoms with Gasteiger partial charge >= 0.3 is 0 Å². The number of para-hydroxylation sites is 1. The lowest BCUT2D eigenvalue weighted by Gasteiger charge is -2.40. The number of pyridine rings is 1. The summed E-state index contributed by atoms with van der Waals surface area (Å²) in [5.74, 6) is 2.13. The lowest BCUT2D eigenvalue weighted by molar-refractivity contribution is 0.507. The molecule has 30 heavy (non-hydrogen) atoms. The van der Waals surface area contributed by atoms with Crippen molar-refractivity contribution in [2.24, 2.45) is 0 Å². The van der Waals surface area contributed by atoms with E-state index in [4.69, 9.17) is 4.98 Å². The monoisotopic (exact) mass is 424 g/mol. The number of benzene rings is 1. The Morgan fingerprint density at radius 2 is 1.80 bits per heavy atom. The Hall–Kier alpha value is -2.78. The van der Waals surface area contributed by atoms with Gasteiger partial charge in [0, 0.05) is 55.9 Å². The van der Waals surface area contributed by atoms with Crippen LogP contribution in [0.4, 0.5) is 11.6 Å². The third-order valence-electron chi connectivity index (χ3n) is 5.75. The van der Waals surface area contributed by atoms with Gasteiger partial charge in [0.2, 0.25) is 10.0 Å². The molecule has 2 aromatic heterocycles. The van der Waals surface area contributed by atoms with Gasteiger partial charge in [-0.1, -0.05) is 18.2 Å². The maximum Gasteiger partial charge on any atom is 0.209 e. The zero-order valence-electron chi connectivity index (χ0n) is 16.8. The van der Waals surface area contributed by atoms with Crippen LogP contribution in [-0.4, -0.2) is 61.8 Å². The molecule has 4 heterocycles.